The van der Waals surface area contributed by atoms with Crippen molar-refractivity contribution in [3.05, 3.63) is 28.2 Å². The number of carbonyl (C=O) groups is 3. The monoisotopic (exact) mass is 249 g/mol. The zero-order chi connectivity index (χ0) is 13.1. The summed E-state index contributed by atoms with van der Waals surface area (Å²) in [6.07, 6.45) is 2.56. The molecule has 0 saturated carbocycles. The summed E-state index contributed by atoms with van der Waals surface area (Å²) in [7, 11) is 0. The first-order valence-corrected chi connectivity index (χ1v) is 5.46. The number of amides is 2. The largest absolute Gasteiger partial charge is 0.301 e. The average molecular weight is 249 g/mol. The lowest BCUT2D eigenvalue weighted by atomic mass is 9.92. The van der Waals surface area contributed by atoms with Gasteiger partial charge in [-0.2, -0.15) is 5.10 Å². The molecule has 2 amide bonds. The van der Waals surface area contributed by atoms with Gasteiger partial charge in [0.1, 0.15) is 12.8 Å². The molecule has 1 aliphatic rings. The number of imide groups is 1. The molecule has 0 radical (unpaired) electrons. The van der Waals surface area contributed by atoms with Crippen LogP contribution in [0, 0.1) is 0 Å². The number of rotatable bonds is 3. The van der Waals surface area contributed by atoms with Crippen molar-refractivity contribution in [2.24, 2.45) is 0 Å². The van der Waals surface area contributed by atoms with Crippen molar-refractivity contribution >= 4 is 18.1 Å². The van der Waals surface area contributed by atoms with Crippen molar-refractivity contribution in [2.75, 3.05) is 0 Å². The van der Waals surface area contributed by atoms with E-state index in [0.29, 0.717) is 18.3 Å². The number of nitrogens with one attached hydrogen (secondary N) is 1. The molecular formula is C11H11N3O4. The van der Waals surface area contributed by atoms with Gasteiger partial charge in [-0.15, -0.1) is 0 Å². The molecule has 0 aromatic carbocycles. The van der Waals surface area contributed by atoms with E-state index in [4.69, 9.17) is 0 Å². The summed E-state index contributed by atoms with van der Waals surface area (Å²) in [5, 5.41) is 6.02. The van der Waals surface area contributed by atoms with Gasteiger partial charge < -0.3 is 4.79 Å². The van der Waals surface area contributed by atoms with E-state index in [2.05, 4.69) is 10.4 Å². The van der Waals surface area contributed by atoms with Crippen molar-refractivity contribution in [1.82, 2.24) is 15.1 Å². The zero-order valence-corrected chi connectivity index (χ0v) is 9.46. The minimum absolute atomic E-state index is 0.117. The van der Waals surface area contributed by atoms with Gasteiger partial charge in [-0.3, -0.25) is 19.7 Å². The Bertz CT molecular complexity index is 564. The van der Waals surface area contributed by atoms with Crippen LogP contribution in [0.3, 0.4) is 0 Å². The third-order valence-corrected chi connectivity index (χ3v) is 2.78. The number of aldehydes is 1. The third-order valence-electron chi connectivity index (χ3n) is 2.78. The Morgan fingerprint density at radius 2 is 2.22 bits per heavy atom. The highest BCUT2D eigenvalue weighted by molar-refractivity contribution is 6.00. The highest BCUT2D eigenvalue weighted by Gasteiger charge is 2.28. The lowest BCUT2D eigenvalue weighted by Crippen LogP contribution is -2.40. The summed E-state index contributed by atoms with van der Waals surface area (Å²) in [6.45, 7) is -0.117. The smallest absolute Gasteiger partial charge is 0.267 e. The van der Waals surface area contributed by atoms with Crippen molar-refractivity contribution in [1.29, 1.82) is 0 Å². The lowest BCUT2D eigenvalue weighted by molar-refractivity contribution is -0.134. The lowest BCUT2D eigenvalue weighted by Gasteiger charge is -2.20. The first-order chi connectivity index (χ1) is 8.61. The van der Waals surface area contributed by atoms with E-state index in [-0.39, 0.29) is 18.9 Å². The summed E-state index contributed by atoms with van der Waals surface area (Å²) in [5.41, 5.74) is 0.0245. The van der Waals surface area contributed by atoms with Crippen LogP contribution in [-0.2, 0) is 20.9 Å². The van der Waals surface area contributed by atoms with E-state index in [1.807, 2.05) is 0 Å². The molecule has 1 atom stereocenters. The molecular weight excluding hydrogens is 238 g/mol. The van der Waals surface area contributed by atoms with Gasteiger partial charge in [0, 0.05) is 12.5 Å². The molecule has 7 nitrogen and oxygen atoms in total. The zero-order valence-electron chi connectivity index (χ0n) is 9.46. The molecule has 1 saturated heterocycles. The van der Waals surface area contributed by atoms with Crippen molar-refractivity contribution in [3.8, 4) is 0 Å². The van der Waals surface area contributed by atoms with Crippen LogP contribution < -0.4 is 10.9 Å². The van der Waals surface area contributed by atoms with Gasteiger partial charge in [0.05, 0.1) is 12.1 Å². The second-order valence-corrected chi connectivity index (χ2v) is 3.98. The Morgan fingerprint density at radius 1 is 1.44 bits per heavy atom. The van der Waals surface area contributed by atoms with Crippen LogP contribution in [0.2, 0.25) is 0 Å². The predicted molar refractivity (Wildman–Crippen MR) is 59.7 cm³/mol. The second-order valence-electron chi connectivity index (χ2n) is 3.98. The van der Waals surface area contributed by atoms with Crippen LogP contribution in [0.4, 0.5) is 0 Å². The van der Waals surface area contributed by atoms with Crippen LogP contribution in [-0.4, -0.2) is 27.9 Å². The molecule has 1 fully saturated rings. The number of hydrogen-bond acceptors (Lipinski definition) is 5. The number of hydrogen-bond donors (Lipinski definition) is 1. The first kappa shape index (κ1) is 12.2. The van der Waals surface area contributed by atoms with Gasteiger partial charge in [0.25, 0.3) is 5.56 Å². The number of nitrogens with zero attached hydrogens (tertiary/aromatic N) is 2. The van der Waals surface area contributed by atoms with E-state index < -0.39 is 17.4 Å². The van der Waals surface area contributed by atoms with Crippen molar-refractivity contribution in [3.63, 3.8) is 0 Å². The Kier molecular flexibility index (Phi) is 3.31. The van der Waals surface area contributed by atoms with E-state index in [0.717, 1.165) is 4.68 Å². The molecule has 1 aromatic rings. The number of aromatic nitrogens is 2. The van der Waals surface area contributed by atoms with E-state index in [9.17, 15) is 19.2 Å². The Morgan fingerprint density at radius 3 is 2.83 bits per heavy atom. The standard InChI is InChI=1S/C11H11N3O4/c15-4-3-14-10(17)5-7(6-12-14)8-1-2-9(16)13-11(8)18/h4-6,8H,1-3H2,(H,13,16,18). The van der Waals surface area contributed by atoms with Crippen LogP contribution in [0.1, 0.15) is 24.3 Å². The minimum atomic E-state index is -0.534. The summed E-state index contributed by atoms with van der Waals surface area (Å²) >= 11 is 0. The fourth-order valence-electron chi connectivity index (χ4n) is 1.86. The molecule has 0 bridgehead atoms. The maximum atomic E-state index is 11.6. The summed E-state index contributed by atoms with van der Waals surface area (Å²) in [5.74, 6) is -1.26. The van der Waals surface area contributed by atoms with Crippen molar-refractivity contribution in [2.45, 2.75) is 25.3 Å². The normalized spacial score (nSPS) is 19.4. The molecule has 94 valence electrons. The molecule has 0 spiro atoms. The maximum Gasteiger partial charge on any atom is 0.267 e. The van der Waals surface area contributed by atoms with Gasteiger partial charge in [0.2, 0.25) is 11.8 Å². The number of piperidine rings is 1. The molecule has 1 aromatic heterocycles. The molecule has 7 heteroatoms. The molecule has 1 N–H and O–H groups in total. The average Bonchev–Trinajstić information content (AvgIpc) is 2.32. The molecule has 2 rings (SSSR count). The number of carbonyl (C=O) groups excluding carboxylic acids is 3. The highest BCUT2D eigenvalue weighted by Crippen LogP contribution is 2.22. The molecule has 1 unspecified atom stereocenters. The second kappa shape index (κ2) is 4.91. The van der Waals surface area contributed by atoms with Gasteiger partial charge in [-0.1, -0.05) is 0 Å². The fourth-order valence-corrected chi connectivity index (χ4v) is 1.86. The third kappa shape index (κ3) is 2.34. The van der Waals surface area contributed by atoms with Crippen LogP contribution in [0.5, 0.6) is 0 Å². The molecule has 18 heavy (non-hydrogen) atoms. The maximum absolute atomic E-state index is 11.6. The molecule has 0 aliphatic carbocycles. The fraction of sp³-hybridized carbons (Fsp3) is 0.364. The van der Waals surface area contributed by atoms with E-state index >= 15 is 0 Å². The van der Waals surface area contributed by atoms with Crippen LogP contribution >= 0.6 is 0 Å². The van der Waals surface area contributed by atoms with Crippen LogP contribution in [0.15, 0.2) is 17.1 Å². The van der Waals surface area contributed by atoms with Gasteiger partial charge in [0.15, 0.2) is 0 Å². The SMILES string of the molecule is O=CCn1ncc(C2CCC(=O)NC2=O)cc1=O. The van der Waals surface area contributed by atoms with Gasteiger partial charge in [-0.25, -0.2) is 4.68 Å². The van der Waals surface area contributed by atoms with Crippen LogP contribution in [0.25, 0.3) is 0 Å². The van der Waals surface area contributed by atoms with E-state index in [1.54, 1.807) is 0 Å². The Balaban J connectivity index is 2.26. The minimum Gasteiger partial charge on any atom is -0.301 e. The van der Waals surface area contributed by atoms with Crippen molar-refractivity contribution < 1.29 is 14.4 Å². The quantitative estimate of drug-likeness (QED) is 0.545. The predicted octanol–water partition coefficient (Wildman–Crippen LogP) is -1.04. The first-order valence-electron chi connectivity index (χ1n) is 5.46. The summed E-state index contributed by atoms with van der Waals surface area (Å²) in [6, 6.07) is 1.27. The Hall–Kier alpha value is -2.31. The molecule has 1 aliphatic heterocycles. The van der Waals surface area contributed by atoms with E-state index in [1.165, 1.54) is 12.3 Å². The topological polar surface area (TPSA) is 98.1 Å². The van der Waals surface area contributed by atoms with Gasteiger partial charge >= 0.3 is 0 Å². The Labute approximate surface area is 102 Å². The summed E-state index contributed by atoms with van der Waals surface area (Å²) < 4.78 is 1.00. The summed E-state index contributed by atoms with van der Waals surface area (Å²) in [4.78, 5) is 44.5. The highest BCUT2D eigenvalue weighted by atomic mass is 16.2. The van der Waals surface area contributed by atoms with Gasteiger partial charge in [-0.05, 0) is 12.0 Å². The molecule has 2 heterocycles.